The maximum absolute atomic E-state index is 9.39. The van der Waals surface area contributed by atoms with Gasteiger partial charge in [0.2, 0.25) is 0 Å². The number of rotatable bonds is 2. The van der Waals surface area contributed by atoms with E-state index < -0.39 is 0 Å². The first-order chi connectivity index (χ1) is 7.27. The third-order valence-electron chi connectivity index (χ3n) is 3.15. The molecule has 0 unspecified atom stereocenters. The molecule has 0 bridgehead atoms. The number of piperidine rings is 1. The van der Waals surface area contributed by atoms with Crippen molar-refractivity contribution in [2.24, 2.45) is 11.7 Å². The number of phenols is 1. The summed E-state index contributed by atoms with van der Waals surface area (Å²) in [4.78, 5) is 0. The van der Waals surface area contributed by atoms with E-state index >= 15 is 0 Å². The largest absolute Gasteiger partial charge is 0.508 e. The summed E-state index contributed by atoms with van der Waals surface area (Å²) in [6.45, 7) is 2.11. The van der Waals surface area contributed by atoms with E-state index in [9.17, 15) is 5.11 Å². The van der Waals surface area contributed by atoms with Crippen LogP contribution >= 0.6 is 0 Å². The molecule has 1 saturated heterocycles. The Kier molecular flexibility index (Phi) is 3.23. The van der Waals surface area contributed by atoms with Crippen molar-refractivity contribution in [1.82, 2.24) is 5.32 Å². The molecule has 0 aliphatic carbocycles. The second-order valence-corrected chi connectivity index (χ2v) is 4.21. The lowest BCUT2D eigenvalue weighted by Gasteiger charge is -2.28. The Labute approximate surface area is 90.3 Å². The van der Waals surface area contributed by atoms with Crippen molar-refractivity contribution in [3.63, 3.8) is 0 Å². The minimum atomic E-state index is 0.0548. The van der Waals surface area contributed by atoms with Crippen LogP contribution in [0, 0.1) is 5.92 Å². The highest BCUT2D eigenvalue weighted by molar-refractivity contribution is 5.29. The molecular weight excluding hydrogens is 188 g/mol. The molecule has 1 atom stereocenters. The Morgan fingerprint density at radius 2 is 2.07 bits per heavy atom. The van der Waals surface area contributed by atoms with Crippen molar-refractivity contribution in [2.75, 3.05) is 13.1 Å². The molecule has 1 aliphatic heterocycles. The first-order valence-electron chi connectivity index (χ1n) is 5.52. The van der Waals surface area contributed by atoms with Gasteiger partial charge in [0.25, 0.3) is 0 Å². The fourth-order valence-electron chi connectivity index (χ4n) is 2.21. The van der Waals surface area contributed by atoms with Crippen molar-refractivity contribution < 1.29 is 5.11 Å². The zero-order chi connectivity index (χ0) is 10.7. The molecule has 1 aromatic rings. The molecule has 1 aliphatic rings. The minimum Gasteiger partial charge on any atom is -0.508 e. The lowest BCUT2D eigenvalue weighted by Crippen LogP contribution is -2.33. The van der Waals surface area contributed by atoms with Gasteiger partial charge < -0.3 is 16.2 Å². The van der Waals surface area contributed by atoms with Crippen LogP contribution in [0.2, 0.25) is 0 Å². The number of hydrogen-bond donors (Lipinski definition) is 3. The molecule has 0 radical (unpaired) electrons. The van der Waals surface area contributed by atoms with Gasteiger partial charge in [-0.3, -0.25) is 0 Å². The molecule has 0 amide bonds. The normalized spacial score (nSPS) is 20.1. The fraction of sp³-hybridized carbons (Fsp3) is 0.500. The molecule has 82 valence electrons. The highest BCUT2D eigenvalue weighted by Crippen LogP contribution is 2.28. The maximum Gasteiger partial charge on any atom is 0.115 e. The molecule has 1 fully saturated rings. The van der Waals surface area contributed by atoms with Crippen LogP contribution in [-0.4, -0.2) is 18.2 Å². The number of aromatic hydroxyl groups is 1. The topological polar surface area (TPSA) is 58.3 Å². The Balaban J connectivity index is 2.08. The standard InChI is InChI=1S/C12H18N2O/c13-12(9-4-6-14-7-5-9)10-2-1-3-11(15)8-10/h1-3,8-9,12,14-15H,4-7,13H2/t12-/m1/s1. The number of benzene rings is 1. The molecular formula is C12H18N2O. The average Bonchev–Trinajstić information content (AvgIpc) is 2.29. The van der Waals surface area contributed by atoms with Gasteiger partial charge in [0.05, 0.1) is 0 Å². The molecule has 3 nitrogen and oxygen atoms in total. The Morgan fingerprint density at radius 3 is 2.73 bits per heavy atom. The van der Waals surface area contributed by atoms with Gasteiger partial charge in [0.15, 0.2) is 0 Å². The van der Waals surface area contributed by atoms with Crippen molar-refractivity contribution >= 4 is 0 Å². The van der Waals surface area contributed by atoms with E-state index in [1.807, 2.05) is 12.1 Å². The summed E-state index contributed by atoms with van der Waals surface area (Å²) in [6.07, 6.45) is 2.24. The monoisotopic (exact) mass is 206 g/mol. The molecule has 0 aromatic heterocycles. The summed E-state index contributed by atoms with van der Waals surface area (Å²) in [5.74, 6) is 0.838. The van der Waals surface area contributed by atoms with Crippen LogP contribution in [0.15, 0.2) is 24.3 Å². The van der Waals surface area contributed by atoms with Crippen LogP contribution in [-0.2, 0) is 0 Å². The van der Waals surface area contributed by atoms with Gasteiger partial charge in [-0.15, -0.1) is 0 Å². The maximum atomic E-state index is 9.39. The zero-order valence-electron chi connectivity index (χ0n) is 8.82. The van der Waals surface area contributed by atoms with Crippen molar-refractivity contribution in [1.29, 1.82) is 0 Å². The van der Waals surface area contributed by atoms with Gasteiger partial charge in [-0.2, -0.15) is 0 Å². The van der Waals surface area contributed by atoms with Gasteiger partial charge in [-0.25, -0.2) is 0 Å². The van der Waals surface area contributed by atoms with E-state index in [1.54, 1.807) is 12.1 Å². The molecule has 15 heavy (non-hydrogen) atoms. The highest BCUT2D eigenvalue weighted by atomic mass is 16.3. The van der Waals surface area contributed by atoms with Gasteiger partial charge in [-0.05, 0) is 49.5 Å². The second kappa shape index (κ2) is 4.64. The minimum absolute atomic E-state index is 0.0548. The molecule has 0 spiro atoms. The van der Waals surface area contributed by atoms with Crippen LogP contribution in [0.1, 0.15) is 24.4 Å². The first-order valence-corrected chi connectivity index (χ1v) is 5.52. The van der Waals surface area contributed by atoms with Crippen molar-refractivity contribution in [3.8, 4) is 5.75 Å². The first kappa shape index (κ1) is 10.5. The van der Waals surface area contributed by atoms with Crippen molar-refractivity contribution in [2.45, 2.75) is 18.9 Å². The van der Waals surface area contributed by atoms with E-state index in [4.69, 9.17) is 5.73 Å². The average molecular weight is 206 g/mol. The third-order valence-corrected chi connectivity index (χ3v) is 3.15. The van der Waals surface area contributed by atoms with E-state index in [2.05, 4.69) is 5.32 Å². The lowest BCUT2D eigenvalue weighted by atomic mass is 9.86. The van der Waals surface area contributed by atoms with E-state index in [-0.39, 0.29) is 6.04 Å². The van der Waals surface area contributed by atoms with Crippen LogP contribution in [0.3, 0.4) is 0 Å². The van der Waals surface area contributed by atoms with Crippen LogP contribution in [0.25, 0.3) is 0 Å². The Hall–Kier alpha value is -1.06. The van der Waals surface area contributed by atoms with Gasteiger partial charge >= 0.3 is 0 Å². The molecule has 1 aromatic carbocycles. The van der Waals surface area contributed by atoms with Gasteiger partial charge in [0, 0.05) is 6.04 Å². The SMILES string of the molecule is N[C@@H](c1cccc(O)c1)C1CCNCC1. The predicted molar refractivity (Wildman–Crippen MR) is 60.6 cm³/mol. The lowest BCUT2D eigenvalue weighted by molar-refractivity contribution is 0.321. The predicted octanol–water partition coefficient (Wildman–Crippen LogP) is 1.39. The van der Waals surface area contributed by atoms with E-state index in [1.165, 1.54) is 0 Å². The smallest absolute Gasteiger partial charge is 0.115 e. The molecule has 3 heteroatoms. The number of nitrogens with one attached hydrogen (secondary N) is 1. The third kappa shape index (κ3) is 2.49. The quantitative estimate of drug-likeness (QED) is 0.685. The zero-order valence-corrected chi connectivity index (χ0v) is 8.82. The molecule has 1 heterocycles. The van der Waals surface area contributed by atoms with Gasteiger partial charge in [-0.1, -0.05) is 12.1 Å². The fourth-order valence-corrected chi connectivity index (χ4v) is 2.21. The summed E-state index contributed by atoms with van der Waals surface area (Å²) >= 11 is 0. The molecule has 2 rings (SSSR count). The molecule has 4 N–H and O–H groups in total. The summed E-state index contributed by atoms with van der Waals surface area (Å²) < 4.78 is 0. The molecule has 0 saturated carbocycles. The highest BCUT2D eigenvalue weighted by Gasteiger charge is 2.21. The summed E-state index contributed by atoms with van der Waals surface area (Å²) in [5, 5.41) is 12.7. The number of phenolic OH excluding ortho intramolecular Hbond substituents is 1. The number of nitrogens with two attached hydrogens (primary N) is 1. The number of hydrogen-bond acceptors (Lipinski definition) is 3. The summed E-state index contributed by atoms with van der Waals surface area (Å²) in [6, 6.07) is 7.35. The van der Waals surface area contributed by atoms with Crippen LogP contribution in [0.5, 0.6) is 5.75 Å². The second-order valence-electron chi connectivity index (χ2n) is 4.21. The Bertz CT molecular complexity index is 321. The van der Waals surface area contributed by atoms with Crippen molar-refractivity contribution in [3.05, 3.63) is 29.8 Å². The van der Waals surface area contributed by atoms with Gasteiger partial charge in [0.1, 0.15) is 5.75 Å². The summed E-state index contributed by atoms with van der Waals surface area (Å²) in [7, 11) is 0. The van der Waals surface area contributed by atoms with E-state index in [0.717, 1.165) is 31.5 Å². The van der Waals surface area contributed by atoms with Crippen LogP contribution < -0.4 is 11.1 Å². The summed E-state index contributed by atoms with van der Waals surface area (Å²) in [5.41, 5.74) is 7.24. The van der Waals surface area contributed by atoms with Crippen LogP contribution in [0.4, 0.5) is 0 Å². The Morgan fingerprint density at radius 1 is 1.33 bits per heavy atom. The van der Waals surface area contributed by atoms with E-state index in [0.29, 0.717) is 11.7 Å².